The Balaban J connectivity index is 1.93. The number of carbonyl (C=O) groups is 2. The number of benzene rings is 1. The zero-order valence-electron chi connectivity index (χ0n) is 12.4. The Morgan fingerprint density at radius 1 is 1.29 bits per heavy atom. The van der Waals surface area contributed by atoms with Crippen molar-refractivity contribution < 1.29 is 27.9 Å². The van der Waals surface area contributed by atoms with Gasteiger partial charge in [0.15, 0.2) is 5.76 Å². The van der Waals surface area contributed by atoms with Crippen LogP contribution in [0.5, 0.6) is 0 Å². The molecule has 126 valence electrons. The normalized spacial score (nSPS) is 20.4. The molecule has 24 heavy (non-hydrogen) atoms. The Morgan fingerprint density at radius 3 is 2.71 bits per heavy atom. The van der Waals surface area contributed by atoms with Crippen molar-refractivity contribution in [3.05, 3.63) is 59.1 Å². The Morgan fingerprint density at radius 2 is 2.04 bits per heavy atom. The monoisotopic (exact) mass is 336 g/mol. The van der Waals surface area contributed by atoms with Crippen molar-refractivity contribution in [2.75, 3.05) is 6.54 Å². The second-order valence-electron chi connectivity index (χ2n) is 5.59. The van der Waals surface area contributed by atoms with Crippen LogP contribution in [-0.4, -0.2) is 34.5 Å². The number of aliphatic hydroxyl groups excluding tert-OH is 1. The molecule has 1 aromatic heterocycles. The Labute approximate surface area is 135 Å². The average molecular weight is 336 g/mol. The molecule has 2 amide bonds. The Hall–Kier alpha value is -2.74. The minimum atomic E-state index is -0.871. The minimum absolute atomic E-state index is 0.0153. The van der Waals surface area contributed by atoms with E-state index < -0.39 is 35.6 Å². The highest BCUT2D eigenvalue weighted by molar-refractivity contribution is 5.98. The fourth-order valence-corrected chi connectivity index (χ4v) is 2.85. The molecule has 3 N–H and O–H groups in total. The molecule has 1 fully saturated rings. The molecule has 0 saturated carbocycles. The highest BCUT2D eigenvalue weighted by Gasteiger charge is 2.37. The summed E-state index contributed by atoms with van der Waals surface area (Å²) in [6, 6.07) is 3.30. The van der Waals surface area contributed by atoms with Crippen molar-refractivity contribution in [3.8, 4) is 0 Å². The van der Waals surface area contributed by atoms with Gasteiger partial charge in [-0.15, -0.1) is 0 Å². The maximum Gasteiger partial charge on any atom is 0.284 e. The van der Waals surface area contributed by atoms with E-state index in [0.29, 0.717) is 0 Å². The lowest BCUT2D eigenvalue weighted by Gasteiger charge is -2.24. The van der Waals surface area contributed by atoms with Crippen molar-refractivity contribution in [2.24, 2.45) is 5.73 Å². The van der Waals surface area contributed by atoms with Gasteiger partial charge in [0.25, 0.3) is 11.8 Å². The van der Waals surface area contributed by atoms with Gasteiger partial charge in [0, 0.05) is 18.2 Å². The molecule has 0 bridgehead atoms. The predicted octanol–water partition coefficient (Wildman–Crippen LogP) is 1.60. The summed E-state index contributed by atoms with van der Waals surface area (Å²) in [5.74, 6) is -2.90. The summed E-state index contributed by atoms with van der Waals surface area (Å²) in [5, 5.41) is 9.87. The standard InChI is InChI=1S/C16H14F2N2O4/c17-9-1-2-12(18)11(4-9)13-5-10(21)6-20(13)16(23)8-3-14(15(19)22)24-7-8/h1-4,7,10,13,21H,5-6H2,(H2,19,22)/t10-,13+/m1/s1. The van der Waals surface area contributed by atoms with Crippen molar-refractivity contribution in [3.63, 3.8) is 0 Å². The van der Waals surface area contributed by atoms with Gasteiger partial charge in [-0.2, -0.15) is 0 Å². The highest BCUT2D eigenvalue weighted by atomic mass is 19.1. The number of primary amides is 1. The molecule has 8 heteroatoms. The van der Waals surface area contributed by atoms with Gasteiger partial charge in [-0.25, -0.2) is 8.78 Å². The molecule has 3 rings (SSSR count). The minimum Gasteiger partial charge on any atom is -0.458 e. The first kappa shape index (κ1) is 16.1. The van der Waals surface area contributed by atoms with E-state index in [-0.39, 0.29) is 29.9 Å². The number of aliphatic hydroxyl groups is 1. The van der Waals surface area contributed by atoms with Gasteiger partial charge in [-0.3, -0.25) is 9.59 Å². The van der Waals surface area contributed by atoms with E-state index in [4.69, 9.17) is 10.2 Å². The van der Waals surface area contributed by atoms with Crippen LogP contribution >= 0.6 is 0 Å². The first-order chi connectivity index (χ1) is 11.4. The number of hydrogen-bond donors (Lipinski definition) is 2. The molecule has 1 aliphatic heterocycles. The maximum atomic E-state index is 14.0. The van der Waals surface area contributed by atoms with E-state index in [1.54, 1.807) is 0 Å². The summed E-state index contributed by atoms with van der Waals surface area (Å²) in [4.78, 5) is 24.9. The third-order valence-corrected chi connectivity index (χ3v) is 3.95. The molecule has 1 aliphatic rings. The SMILES string of the molecule is NC(=O)c1cc(C(=O)N2C[C@H](O)C[C@H]2c2cc(F)ccc2F)co1. The molecule has 0 spiro atoms. The second kappa shape index (κ2) is 6.04. The topological polar surface area (TPSA) is 96.8 Å². The van der Waals surface area contributed by atoms with E-state index in [1.165, 1.54) is 11.0 Å². The number of hydrogen-bond acceptors (Lipinski definition) is 4. The molecule has 2 heterocycles. The smallest absolute Gasteiger partial charge is 0.284 e. The third-order valence-electron chi connectivity index (χ3n) is 3.95. The number of halogens is 2. The van der Waals surface area contributed by atoms with E-state index in [1.807, 2.05) is 0 Å². The van der Waals surface area contributed by atoms with Gasteiger partial charge in [-0.05, 0) is 24.6 Å². The zero-order valence-corrected chi connectivity index (χ0v) is 12.4. The molecule has 1 saturated heterocycles. The molecular formula is C16H14F2N2O4. The molecule has 6 nitrogen and oxygen atoms in total. The number of β-amino-alcohol motifs (C(OH)–C–C–N with tert-alkyl or cyclic N) is 1. The second-order valence-corrected chi connectivity index (χ2v) is 5.59. The first-order valence-electron chi connectivity index (χ1n) is 7.19. The van der Waals surface area contributed by atoms with Crippen LogP contribution < -0.4 is 5.73 Å². The molecule has 1 aromatic carbocycles. The molecule has 0 radical (unpaired) electrons. The number of carbonyl (C=O) groups excluding carboxylic acids is 2. The van der Waals surface area contributed by atoms with Crippen molar-refractivity contribution in [2.45, 2.75) is 18.6 Å². The van der Waals surface area contributed by atoms with Crippen LogP contribution in [0.1, 0.15) is 38.9 Å². The van der Waals surface area contributed by atoms with Gasteiger partial charge in [0.05, 0.1) is 17.7 Å². The summed E-state index contributed by atoms with van der Waals surface area (Å²) >= 11 is 0. The summed E-state index contributed by atoms with van der Waals surface area (Å²) in [5.41, 5.74) is 5.09. The van der Waals surface area contributed by atoms with Gasteiger partial charge in [0.2, 0.25) is 0 Å². The molecule has 2 atom stereocenters. The lowest BCUT2D eigenvalue weighted by molar-refractivity contribution is 0.0713. The molecule has 0 unspecified atom stereocenters. The zero-order chi connectivity index (χ0) is 17.4. The number of furan rings is 1. The van der Waals surface area contributed by atoms with Crippen molar-refractivity contribution in [1.29, 1.82) is 0 Å². The number of likely N-dealkylation sites (tertiary alicyclic amines) is 1. The predicted molar refractivity (Wildman–Crippen MR) is 78.0 cm³/mol. The first-order valence-corrected chi connectivity index (χ1v) is 7.19. The highest BCUT2D eigenvalue weighted by Crippen LogP contribution is 2.35. The number of amides is 2. The van der Waals surface area contributed by atoms with Crippen LogP contribution in [0, 0.1) is 11.6 Å². The Kier molecular flexibility index (Phi) is 4.06. The summed E-state index contributed by atoms with van der Waals surface area (Å²) in [7, 11) is 0. The van der Waals surface area contributed by atoms with Gasteiger partial charge in [-0.1, -0.05) is 0 Å². The molecule has 0 aliphatic carbocycles. The molecule has 2 aromatic rings. The number of nitrogens with two attached hydrogens (primary N) is 1. The van der Waals surface area contributed by atoms with E-state index in [0.717, 1.165) is 24.5 Å². The van der Waals surface area contributed by atoms with E-state index in [9.17, 15) is 23.5 Å². The lowest BCUT2D eigenvalue weighted by atomic mass is 10.0. The van der Waals surface area contributed by atoms with Gasteiger partial charge >= 0.3 is 0 Å². The summed E-state index contributed by atoms with van der Waals surface area (Å²) in [6.07, 6.45) is 0.266. The maximum absolute atomic E-state index is 14.0. The molecular weight excluding hydrogens is 322 g/mol. The van der Waals surface area contributed by atoms with E-state index in [2.05, 4.69) is 0 Å². The van der Waals surface area contributed by atoms with Crippen LogP contribution in [0.15, 0.2) is 34.9 Å². The van der Waals surface area contributed by atoms with E-state index >= 15 is 0 Å². The summed E-state index contributed by atoms with van der Waals surface area (Å²) in [6.45, 7) is -0.0451. The quantitative estimate of drug-likeness (QED) is 0.890. The van der Waals surface area contributed by atoms with Crippen LogP contribution in [0.3, 0.4) is 0 Å². The fourth-order valence-electron chi connectivity index (χ4n) is 2.85. The largest absolute Gasteiger partial charge is 0.458 e. The lowest BCUT2D eigenvalue weighted by Crippen LogP contribution is -2.32. The van der Waals surface area contributed by atoms with Crippen LogP contribution in [0.2, 0.25) is 0 Å². The number of rotatable bonds is 3. The average Bonchev–Trinajstić information content (AvgIpc) is 3.16. The summed E-state index contributed by atoms with van der Waals surface area (Å²) < 4.78 is 32.4. The van der Waals surface area contributed by atoms with Gasteiger partial charge in [0.1, 0.15) is 17.9 Å². The van der Waals surface area contributed by atoms with Crippen molar-refractivity contribution >= 4 is 11.8 Å². The van der Waals surface area contributed by atoms with Gasteiger partial charge < -0.3 is 20.2 Å². The Bertz CT molecular complexity index is 805. The van der Waals surface area contributed by atoms with Crippen molar-refractivity contribution in [1.82, 2.24) is 4.90 Å². The van der Waals surface area contributed by atoms with Crippen LogP contribution in [-0.2, 0) is 0 Å². The number of nitrogens with zero attached hydrogens (tertiary/aromatic N) is 1. The van der Waals surface area contributed by atoms with Crippen LogP contribution in [0.25, 0.3) is 0 Å². The van der Waals surface area contributed by atoms with Crippen LogP contribution in [0.4, 0.5) is 8.78 Å². The fraction of sp³-hybridized carbons (Fsp3) is 0.250. The third kappa shape index (κ3) is 2.88.